The molecule has 3 rings (SSSR count). The van der Waals surface area contributed by atoms with E-state index in [1.54, 1.807) is 0 Å². The van der Waals surface area contributed by atoms with Crippen molar-refractivity contribution >= 4 is 23.3 Å². The van der Waals surface area contributed by atoms with Gasteiger partial charge in [-0.1, -0.05) is 30.9 Å². The first kappa shape index (κ1) is 14.6. The van der Waals surface area contributed by atoms with Gasteiger partial charge in [-0.25, -0.2) is 9.18 Å². The van der Waals surface area contributed by atoms with Crippen LogP contribution in [0.15, 0.2) is 18.2 Å². The minimum absolute atomic E-state index is 0.151. The van der Waals surface area contributed by atoms with Crippen LogP contribution >= 0.6 is 11.6 Å². The number of fused-ring (bicyclic) bond motifs is 1. The fourth-order valence-corrected chi connectivity index (χ4v) is 3.74. The number of piperidine rings is 1. The second kappa shape index (κ2) is 6.22. The molecular formula is C16H20ClFN2O. The van der Waals surface area contributed by atoms with Gasteiger partial charge in [-0.2, -0.15) is 0 Å². The van der Waals surface area contributed by atoms with Crippen LogP contribution in [0.25, 0.3) is 0 Å². The third-order valence-electron chi connectivity index (χ3n) is 4.75. The number of urea groups is 1. The van der Waals surface area contributed by atoms with Crippen molar-refractivity contribution in [3.63, 3.8) is 0 Å². The minimum Gasteiger partial charge on any atom is -0.324 e. The summed E-state index contributed by atoms with van der Waals surface area (Å²) in [6.45, 7) is 1.55. The smallest absolute Gasteiger partial charge is 0.321 e. The lowest BCUT2D eigenvalue weighted by atomic mass is 9.75. The number of carbonyl (C=O) groups excluding carboxylic acids is 1. The van der Waals surface area contributed by atoms with Crippen LogP contribution < -0.4 is 5.32 Å². The molecule has 2 atom stereocenters. The van der Waals surface area contributed by atoms with E-state index in [-0.39, 0.29) is 11.7 Å². The van der Waals surface area contributed by atoms with Gasteiger partial charge in [-0.05, 0) is 42.9 Å². The number of hydrogen-bond donors (Lipinski definition) is 1. The van der Waals surface area contributed by atoms with E-state index in [9.17, 15) is 9.18 Å². The Bertz CT molecular complexity index is 537. The van der Waals surface area contributed by atoms with Gasteiger partial charge in [0.1, 0.15) is 5.82 Å². The molecule has 2 fully saturated rings. The molecule has 1 saturated heterocycles. The molecular weight excluding hydrogens is 291 g/mol. The standard InChI is InChI=1S/C16H20ClFN2O/c17-13-5-6-14(18)15(9-13)19-16(21)20-8-7-11-3-1-2-4-12(11)10-20/h5-6,9,11-12H,1-4,7-8,10H2,(H,19,21)/t11-,12+/m0/s1. The largest absolute Gasteiger partial charge is 0.324 e. The van der Waals surface area contributed by atoms with Gasteiger partial charge in [0.2, 0.25) is 0 Å². The summed E-state index contributed by atoms with van der Waals surface area (Å²) in [6, 6.07) is 3.97. The molecule has 1 aromatic rings. The lowest BCUT2D eigenvalue weighted by Gasteiger charge is -2.41. The quantitative estimate of drug-likeness (QED) is 0.812. The Morgan fingerprint density at radius 3 is 2.81 bits per heavy atom. The summed E-state index contributed by atoms with van der Waals surface area (Å²) >= 11 is 5.85. The van der Waals surface area contributed by atoms with Crippen molar-refractivity contribution in [3.05, 3.63) is 29.0 Å². The fourth-order valence-electron chi connectivity index (χ4n) is 3.57. The Balaban J connectivity index is 1.64. The number of nitrogens with one attached hydrogen (secondary N) is 1. The van der Waals surface area contributed by atoms with Crippen LogP contribution in [0.3, 0.4) is 0 Å². The topological polar surface area (TPSA) is 32.3 Å². The summed E-state index contributed by atoms with van der Waals surface area (Å²) in [6.07, 6.45) is 6.15. The van der Waals surface area contributed by atoms with Crippen LogP contribution in [0.1, 0.15) is 32.1 Å². The molecule has 114 valence electrons. The highest BCUT2D eigenvalue weighted by Crippen LogP contribution is 2.36. The van der Waals surface area contributed by atoms with Crippen LogP contribution in [-0.2, 0) is 0 Å². The summed E-state index contributed by atoms with van der Waals surface area (Å²) in [5.41, 5.74) is 0.151. The van der Waals surface area contributed by atoms with E-state index in [4.69, 9.17) is 11.6 Å². The SMILES string of the molecule is O=C(Nc1cc(Cl)ccc1F)N1CC[C@@H]2CCCC[C@@H]2C1. The van der Waals surface area contributed by atoms with E-state index in [0.717, 1.165) is 25.4 Å². The maximum Gasteiger partial charge on any atom is 0.321 e. The third-order valence-corrected chi connectivity index (χ3v) is 4.98. The van der Waals surface area contributed by atoms with E-state index >= 15 is 0 Å². The van der Waals surface area contributed by atoms with E-state index in [2.05, 4.69) is 5.32 Å². The molecule has 3 nitrogen and oxygen atoms in total. The molecule has 0 bridgehead atoms. The average Bonchev–Trinajstić information content (AvgIpc) is 2.50. The molecule has 0 spiro atoms. The number of carbonyl (C=O) groups is 1. The van der Waals surface area contributed by atoms with E-state index in [1.165, 1.54) is 43.9 Å². The fraction of sp³-hybridized carbons (Fsp3) is 0.562. The van der Waals surface area contributed by atoms with Crippen LogP contribution in [0, 0.1) is 17.7 Å². The normalized spacial score (nSPS) is 25.3. The third kappa shape index (κ3) is 3.31. The van der Waals surface area contributed by atoms with Gasteiger partial charge in [0, 0.05) is 18.1 Å². The molecule has 1 aliphatic heterocycles. The molecule has 0 aromatic heterocycles. The van der Waals surface area contributed by atoms with Crippen LogP contribution in [0.2, 0.25) is 5.02 Å². The number of halogens is 2. The van der Waals surface area contributed by atoms with Gasteiger partial charge in [0.15, 0.2) is 0 Å². The molecule has 0 radical (unpaired) electrons. The number of anilines is 1. The summed E-state index contributed by atoms with van der Waals surface area (Å²) in [5, 5.41) is 3.06. The molecule has 1 N–H and O–H groups in total. The van der Waals surface area contributed by atoms with Gasteiger partial charge in [-0.15, -0.1) is 0 Å². The summed E-state index contributed by atoms with van der Waals surface area (Å²) < 4.78 is 13.7. The van der Waals surface area contributed by atoms with Crippen LogP contribution in [0.5, 0.6) is 0 Å². The van der Waals surface area contributed by atoms with Gasteiger partial charge < -0.3 is 10.2 Å². The Hall–Kier alpha value is -1.29. The Morgan fingerprint density at radius 2 is 2.00 bits per heavy atom. The highest BCUT2D eigenvalue weighted by atomic mass is 35.5. The maximum absolute atomic E-state index is 13.7. The van der Waals surface area contributed by atoms with Gasteiger partial charge in [0.05, 0.1) is 5.69 Å². The summed E-state index contributed by atoms with van der Waals surface area (Å²) in [7, 11) is 0. The molecule has 5 heteroatoms. The highest BCUT2D eigenvalue weighted by molar-refractivity contribution is 6.30. The Morgan fingerprint density at radius 1 is 1.24 bits per heavy atom. The summed E-state index contributed by atoms with van der Waals surface area (Å²) in [5.74, 6) is 0.925. The zero-order chi connectivity index (χ0) is 14.8. The maximum atomic E-state index is 13.7. The number of likely N-dealkylation sites (tertiary alicyclic amines) is 1. The first-order valence-corrected chi connectivity index (χ1v) is 8.02. The van der Waals surface area contributed by atoms with E-state index in [1.807, 2.05) is 4.90 Å². The molecule has 1 aromatic carbocycles. The van der Waals surface area contributed by atoms with Crippen molar-refractivity contribution in [2.75, 3.05) is 18.4 Å². The predicted octanol–water partition coefficient (Wildman–Crippen LogP) is 4.52. The molecule has 1 saturated carbocycles. The number of hydrogen-bond acceptors (Lipinski definition) is 1. The Kier molecular flexibility index (Phi) is 4.34. The van der Waals surface area contributed by atoms with Crippen molar-refractivity contribution < 1.29 is 9.18 Å². The zero-order valence-corrected chi connectivity index (χ0v) is 12.7. The first-order valence-electron chi connectivity index (χ1n) is 7.64. The van der Waals surface area contributed by atoms with E-state index in [0.29, 0.717) is 10.9 Å². The van der Waals surface area contributed by atoms with Crippen molar-refractivity contribution in [2.45, 2.75) is 32.1 Å². The van der Waals surface area contributed by atoms with Crippen molar-refractivity contribution in [2.24, 2.45) is 11.8 Å². The lowest BCUT2D eigenvalue weighted by Crippen LogP contribution is -2.46. The van der Waals surface area contributed by atoms with Crippen molar-refractivity contribution in [3.8, 4) is 0 Å². The highest BCUT2D eigenvalue weighted by Gasteiger charge is 2.33. The molecule has 0 unspecified atom stereocenters. The molecule has 21 heavy (non-hydrogen) atoms. The van der Waals surface area contributed by atoms with Crippen LogP contribution in [-0.4, -0.2) is 24.0 Å². The van der Waals surface area contributed by atoms with Crippen molar-refractivity contribution in [1.29, 1.82) is 0 Å². The zero-order valence-electron chi connectivity index (χ0n) is 11.9. The molecule has 1 heterocycles. The average molecular weight is 311 g/mol. The lowest BCUT2D eigenvalue weighted by molar-refractivity contribution is 0.108. The van der Waals surface area contributed by atoms with Gasteiger partial charge in [0.25, 0.3) is 0 Å². The van der Waals surface area contributed by atoms with Gasteiger partial charge >= 0.3 is 6.03 Å². The number of rotatable bonds is 1. The Labute approximate surface area is 129 Å². The summed E-state index contributed by atoms with van der Waals surface area (Å²) in [4.78, 5) is 14.1. The number of benzene rings is 1. The molecule has 2 aliphatic rings. The number of nitrogens with zero attached hydrogens (tertiary/aromatic N) is 1. The van der Waals surface area contributed by atoms with Crippen LogP contribution in [0.4, 0.5) is 14.9 Å². The monoisotopic (exact) mass is 310 g/mol. The molecule has 1 aliphatic carbocycles. The molecule has 2 amide bonds. The van der Waals surface area contributed by atoms with Gasteiger partial charge in [-0.3, -0.25) is 0 Å². The van der Waals surface area contributed by atoms with E-state index < -0.39 is 5.82 Å². The second-order valence-corrected chi connectivity index (χ2v) is 6.53. The van der Waals surface area contributed by atoms with Crippen molar-refractivity contribution in [1.82, 2.24) is 4.90 Å². The minimum atomic E-state index is -0.458. The predicted molar refractivity (Wildman–Crippen MR) is 82.1 cm³/mol. The second-order valence-electron chi connectivity index (χ2n) is 6.09. The first-order chi connectivity index (χ1) is 10.1. The number of amides is 2.